The highest BCUT2D eigenvalue weighted by atomic mass is 16.5. The number of ether oxygens (including phenoxy) is 1. The third kappa shape index (κ3) is 5.65. The molecular formula is C34H39N3O3. The summed E-state index contributed by atoms with van der Waals surface area (Å²) in [4.78, 5) is 16.5. The second kappa shape index (κ2) is 11.9. The number of aromatic hydroxyl groups is 1. The molecule has 6 heteroatoms. The maximum Gasteiger partial charge on any atom is 0.228 e. The van der Waals surface area contributed by atoms with Gasteiger partial charge in [-0.25, -0.2) is 0 Å². The van der Waals surface area contributed by atoms with Crippen LogP contribution in [0.5, 0.6) is 5.75 Å². The van der Waals surface area contributed by atoms with Crippen LogP contribution in [0.25, 0.3) is 22.0 Å². The normalized spacial score (nSPS) is 19.1. The third-order valence-electron chi connectivity index (χ3n) is 8.50. The number of aryl methyl sites for hydroxylation is 1. The van der Waals surface area contributed by atoms with E-state index < -0.39 is 0 Å². The maximum absolute atomic E-state index is 14.4. The second-order valence-corrected chi connectivity index (χ2v) is 11.3. The van der Waals surface area contributed by atoms with Crippen molar-refractivity contribution in [3.05, 3.63) is 90.1 Å². The van der Waals surface area contributed by atoms with Crippen molar-refractivity contribution in [1.29, 1.82) is 0 Å². The molecule has 1 saturated carbocycles. The molecule has 1 saturated heterocycles. The van der Waals surface area contributed by atoms with Crippen LogP contribution >= 0.6 is 0 Å². The van der Waals surface area contributed by atoms with Crippen LogP contribution in [-0.4, -0.2) is 53.3 Å². The third-order valence-corrected chi connectivity index (χ3v) is 8.50. The fraction of sp³-hybridized carbons (Fsp3) is 0.382. The summed E-state index contributed by atoms with van der Waals surface area (Å²) >= 11 is 0. The Morgan fingerprint density at radius 1 is 1.02 bits per heavy atom. The van der Waals surface area contributed by atoms with Gasteiger partial charge in [0.05, 0.1) is 5.92 Å². The molecular weight excluding hydrogens is 498 g/mol. The number of rotatable bonds is 10. The van der Waals surface area contributed by atoms with E-state index >= 15 is 0 Å². The van der Waals surface area contributed by atoms with Gasteiger partial charge in [-0.1, -0.05) is 54.6 Å². The van der Waals surface area contributed by atoms with Crippen molar-refractivity contribution in [3.63, 3.8) is 0 Å². The van der Waals surface area contributed by atoms with Gasteiger partial charge >= 0.3 is 0 Å². The van der Waals surface area contributed by atoms with Gasteiger partial charge in [-0.15, -0.1) is 0 Å². The molecule has 2 N–H and O–H groups in total. The Morgan fingerprint density at radius 2 is 1.82 bits per heavy atom. The molecule has 0 spiro atoms. The first kappa shape index (κ1) is 26.6. The van der Waals surface area contributed by atoms with Gasteiger partial charge in [-0.05, 0) is 78.6 Å². The summed E-state index contributed by atoms with van der Waals surface area (Å²) in [5.74, 6) is 0.358. The molecule has 6 nitrogen and oxygen atoms in total. The minimum Gasteiger partial charge on any atom is -0.508 e. The number of phenolic OH excluding ortho intramolecular Hbond substituents is 1. The van der Waals surface area contributed by atoms with Crippen LogP contribution < -0.4 is 5.32 Å². The number of hydrogen-bond donors (Lipinski definition) is 2. The van der Waals surface area contributed by atoms with Gasteiger partial charge in [0.1, 0.15) is 5.75 Å². The molecule has 1 aliphatic carbocycles. The summed E-state index contributed by atoms with van der Waals surface area (Å²) in [5.41, 5.74) is 5.52. The van der Waals surface area contributed by atoms with Gasteiger partial charge in [0.25, 0.3) is 0 Å². The zero-order chi connectivity index (χ0) is 27.5. The molecule has 2 atom stereocenters. The first-order chi connectivity index (χ1) is 19.6. The Hall–Kier alpha value is -3.61. The molecule has 4 aromatic rings. The molecule has 2 aliphatic rings. The summed E-state index contributed by atoms with van der Waals surface area (Å²) < 4.78 is 7.59. The fourth-order valence-corrected chi connectivity index (χ4v) is 6.35. The molecule has 2 fully saturated rings. The minimum atomic E-state index is -0.171. The van der Waals surface area contributed by atoms with Crippen molar-refractivity contribution >= 4 is 16.8 Å². The number of methoxy groups -OCH3 is 1. The Kier molecular flexibility index (Phi) is 7.89. The summed E-state index contributed by atoms with van der Waals surface area (Å²) in [7, 11) is 1.74. The summed E-state index contributed by atoms with van der Waals surface area (Å²) in [6.07, 6.45) is 6.18. The SMILES string of the molecule is COCCCn1cc(CN(C(=O)[C@H]2CNCC[C@@H]2c2cc(O)cc(-c3ccccc3)c2)C2CC2)c2ccccc21. The molecule has 0 radical (unpaired) electrons. The predicted molar refractivity (Wildman–Crippen MR) is 159 cm³/mol. The summed E-state index contributed by atoms with van der Waals surface area (Å²) in [5, 5.41) is 15.4. The molecule has 1 aliphatic heterocycles. The van der Waals surface area contributed by atoms with Gasteiger partial charge in [-0.2, -0.15) is 0 Å². The van der Waals surface area contributed by atoms with Crippen LogP contribution in [0.1, 0.15) is 42.7 Å². The lowest BCUT2D eigenvalue weighted by atomic mass is 9.79. The van der Waals surface area contributed by atoms with Gasteiger partial charge in [0.15, 0.2) is 0 Å². The maximum atomic E-state index is 14.4. The summed E-state index contributed by atoms with van der Waals surface area (Å²) in [6.45, 7) is 3.76. The minimum absolute atomic E-state index is 0.0555. The molecule has 0 bridgehead atoms. The number of carbonyl (C=O) groups is 1. The lowest BCUT2D eigenvalue weighted by molar-refractivity contribution is -0.138. The van der Waals surface area contributed by atoms with Crippen LogP contribution in [0.4, 0.5) is 0 Å². The lowest BCUT2D eigenvalue weighted by Crippen LogP contribution is -2.47. The van der Waals surface area contributed by atoms with E-state index in [4.69, 9.17) is 4.74 Å². The lowest BCUT2D eigenvalue weighted by Gasteiger charge is -2.36. The van der Waals surface area contributed by atoms with Gasteiger partial charge < -0.3 is 24.6 Å². The topological polar surface area (TPSA) is 66.7 Å². The second-order valence-electron chi connectivity index (χ2n) is 11.3. The summed E-state index contributed by atoms with van der Waals surface area (Å²) in [6, 6.07) is 24.8. The quantitative estimate of drug-likeness (QED) is 0.246. The van der Waals surface area contributed by atoms with E-state index in [-0.39, 0.29) is 23.5 Å². The van der Waals surface area contributed by atoms with E-state index in [2.05, 4.69) is 63.4 Å². The van der Waals surface area contributed by atoms with E-state index in [1.807, 2.05) is 30.3 Å². The van der Waals surface area contributed by atoms with Crippen molar-refractivity contribution in [3.8, 4) is 16.9 Å². The molecule has 2 heterocycles. The van der Waals surface area contributed by atoms with Crippen molar-refractivity contribution in [1.82, 2.24) is 14.8 Å². The van der Waals surface area contributed by atoms with Crippen molar-refractivity contribution in [2.24, 2.45) is 5.92 Å². The van der Waals surface area contributed by atoms with Crippen LogP contribution in [0, 0.1) is 5.92 Å². The van der Waals surface area contributed by atoms with Crippen LogP contribution in [0.3, 0.4) is 0 Å². The van der Waals surface area contributed by atoms with Crippen LogP contribution in [0.15, 0.2) is 79.0 Å². The average Bonchev–Trinajstić information content (AvgIpc) is 3.78. The number of nitrogens with one attached hydrogen (secondary N) is 1. The van der Waals surface area contributed by atoms with Crippen LogP contribution in [0.2, 0.25) is 0 Å². The zero-order valence-electron chi connectivity index (χ0n) is 23.3. The van der Waals surface area contributed by atoms with Crippen molar-refractivity contribution in [2.45, 2.75) is 50.7 Å². The van der Waals surface area contributed by atoms with Crippen LogP contribution in [-0.2, 0) is 22.6 Å². The molecule has 208 valence electrons. The Bertz CT molecular complexity index is 1460. The van der Waals surface area contributed by atoms with E-state index in [1.54, 1.807) is 7.11 Å². The number of piperidine rings is 1. The molecule has 1 amide bonds. The fourth-order valence-electron chi connectivity index (χ4n) is 6.35. The molecule has 6 rings (SSSR count). The molecule has 3 aromatic carbocycles. The first-order valence-electron chi connectivity index (χ1n) is 14.6. The largest absolute Gasteiger partial charge is 0.508 e. The van der Waals surface area contributed by atoms with Crippen molar-refractivity contribution in [2.75, 3.05) is 26.8 Å². The van der Waals surface area contributed by atoms with E-state index in [1.165, 1.54) is 16.5 Å². The number of benzene rings is 3. The predicted octanol–water partition coefficient (Wildman–Crippen LogP) is 5.93. The first-order valence-corrected chi connectivity index (χ1v) is 14.6. The van der Waals surface area contributed by atoms with Gasteiger partial charge in [-0.3, -0.25) is 4.79 Å². The standard InChI is InChI=1S/C34H39N3O3/c1-40-17-7-16-36-22-27(31-10-5-6-11-33(31)36)23-37(28-12-13-28)34(39)32-21-35-15-14-30(32)26-18-25(19-29(38)20-26)24-8-3-2-4-9-24/h2-6,8-11,18-20,22,28,30,32,35,38H,7,12-17,21,23H2,1H3/t30-,32+/m1/s1. The number of para-hydroxylation sites is 1. The van der Waals surface area contributed by atoms with Gasteiger partial charge in [0, 0.05) is 56.5 Å². The zero-order valence-corrected chi connectivity index (χ0v) is 23.3. The number of fused-ring (bicyclic) bond motifs is 1. The van der Waals surface area contributed by atoms with Gasteiger partial charge in [0.2, 0.25) is 5.91 Å². The highest BCUT2D eigenvalue weighted by molar-refractivity contribution is 5.86. The van der Waals surface area contributed by atoms with Crippen molar-refractivity contribution < 1.29 is 14.6 Å². The highest BCUT2D eigenvalue weighted by Crippen LogP contribution is 2.39. The van der Waals surface area contributed by atoms with E-state index in [0.29, 0.717) is 19.1 Å². The number of amides is 1. The monoisotopic (exact) mass is 537 g/mol. The molecule has 1 aromatic heterocycles. The number of aromatic nitrogens is 1. The Labute approximate surface area is 236 Å². The highest BCUT2D eigenvalue weighted by Gasteiger charge is 2.40. The number of carbonyl (C=O) groups excluding carboxylic acids is 1. The Balaban J connectivity index is 1.29. The number of phenols is 1. The average molecular weight is 538 g/mol. The van der Waals surface area contributed by atoms with E-state index in [9.17, 15) is 9.90 Å². The number of nitrogens with zero attached hydrogens (tertiary/aromatic N) is 2. The number of hydrogen-bond acceptors (Lipinski definition) is 4. The smallest absolute Gasteiger partial charge is 0.228 e. The Morgan fingerprint density at radius 3 is 2.62 bits per heavy atom. The molecule has 40 heavy (non-hydrogen) atoms. The molecule has 0 unspecified atom stereocenters. The van der Waals surface area contributed by atoms with E-state index in [0.717, 1.165) is 62.1 Å².